The minimum Gasteiger partial charge on any atom is -0.334 e. The van der Waals surface area contributed by atoms with Crippen LogP contribution in [0.25, 0.3) is 5.57 Å². The van der Waals surface area contributed by atoms with Crippen LogP contribution in [0.4, 0.5) is 0 Å². The molecule has 0 saturated carbocycles. The van der Waals surface area contributed by atoms with Crippen molar-refractivity contribution in [2.45, 2.75) is 26.2 Å². The second-order valence-electron chi connectivity index (χ2n) is 3.61. The SMILES string of the molecule is CC/C=C(/C)c1nc(C2CNC2)no1. The predicted molar refractivity (Wildman–Crippen MR) is 53.9 cm³/mol. The van der Waals surface area contributed by atoms with Crippen molar-refractivity contribution in [2.24, 2.45) is 0 Å². The highest BCUT2D eigenvalue weighted by atomic mass is 16.5. The molecule has 4 heteroatoms. The molecule has 1 saturated heterocycles. The Morgan fingerprint density at radius 1 is 1.64 bits per heavy atom. The van der Waals surface area contributed by atoms with Crippen LogP contribution >= 0.6 is 0 Å². The molecule has 1 aliphatic rings. The van der Waals surface area contributed by atoms with Gasteiger partial charge < -0.3 is 9.84 Å². The van der Waals surface area contributed by atoms with Crippen molar-refractivity contribution in [1.29, 1.82) is 0 Å². The van der Waals surface area contributed by atoms with Crippen molar-refractivity contribution in [1.82, 2.24) is 15.5 Å². The van der Waals surface area contributed by atoms with Gasteiger partial charge in [-0.15, -0.1) is 0 Å². The van der Waals surface area contributed by atoms with Crippen LogP contribution in [0, 0.1) is 0 Å². The van der Waals surface area contributed by atoms with Crippen LogP contribution in [-0.2, 0) is 0 Å². The van der Waals surface area contributed by atoms with Gasteiger partial charge in [0.1, 0.15) is 0 Å². The average molecular weight is 193 g/mol. The lowest BCUT2D eigenvalue weighted by Gasteiger charge is -2.23. The van der Waals surface area contributed by atoms with E-state index in [0.717, 1.165) is 30.9 Å². The molecule has 0 aromatic carbocycles. The maximum Gasteiger partial charge on any atom is 0.253 e. The first-order valence-electron chi connectivity index (χ1n) is 5.02. The normalized spacial score (nSPS) is 18.3. The zero-order valence-electron chi connectivity index (χ0n) is 8.58. The summed E-state index contributed by atoms with van der Waals surface area (Å²) >= 11 is 0. The van der Waals surface area contributed by atoms with E-state index in [1.54, 1.807) is 0 Å². The Bertz CT molecular complexity index is 339. The van der Waals surface area contributed by atoms with Crippen molar-refractivity contribution < 1.29 is 4.52 Å². The lowest BCUT2D eigenvalue weighted by molar-refractivity contribution is 0.372. The van der Waals surface area contributed by atoms with Crippen molar-refractivity contribution >= 4 is 5.57 Å². The van der Waals surface area contributed by atoms with Gasteiger partial charge in [0.2, 0.25) is 0 Å². The van der Waals surface area contributed by atoms with Gasteiger partial charge in [-0.05, 0) is 13.3 Å². The molecular formula is C10H15N3O. The molecule has 14 heavy (non-hydrogen) atoms. The summed E-state index contributed by atoms with van der Waals surface area (Å²) < 4.78 is 5.18. The standard InChI is InChI=1S/C10H15N3O/c1-3-4-7(2)10-12-9(13-14-10)8-5-11-6-8/h4,8,11H,3,5-6H2,1-2H3/b7-4-. The van der Waals surface area contributed by atoms with Crippen molar-refractivity contribution in [3.8, 4) is 0 Å². The van der Waals surface area contributed by atoms with E-state index in [2.05, 4.69) is 28.5 Å². The van der Waals surface area contributed by atoms with Crippen LogP contribution < -0.4 is 5.32 Å². The third-order valence-corrected chi connectivity index (χ3v) is 2.44. The summed E-state index contributed by atoms with van der Waals surface area (Å²) in [5.41, 5.74) is 1.07. The smallest absolute Gasteiger partial charge is 0.253 e. The topological polar surface area (TPSA) is 51.0 Å². The van der Waals surface area contributed by atoms with Crippen LogP contribution in [0.15, 0.2) is 10.6 Å². The number of nitrogens with one attached hydrogen (secondary N) is 1. The van der Waals surface area contributed by atoms with Gasteiger partial charge in [0.05, 0.1) is 0 Å². The fraction of sp³-hybridized carbons (Fsp3) is 0.600. The third-order valence-electron chi connectivity index (χ3n) is 2.44. The van der Waals surface area contributed by atoms with Crippen LogP contribution in [0.1, 0.15) is 37.9 Å². The van der Waals surface area contributed by atoms with Gasteiger partial charge in [0.25, 0.3) is 5.89 Å². The fourth-order valence-corrected chi connectivity index (χ4v) is 1.43. The second kappa shape index (κ2) is 3.92. The largest absolute Gasteiger partial charge is 0.334 e. The molecule has 1 aliphatic heterocycles. The molecule has 0 radical (unpaired) electrons. The maximum absolute atomic E-state index is 5.18. The molecule has 1 aromatic heterocycles. The second-order valence-corrected chi connectivity index (χ2v) is 3.61. The van der Waals surface area contributed by atoms with Crippen molar-refractivity contribution in [2.75, 3.05) is 13.1 Å². The summed E-state index contributed by atoms with van der Waals surface area (Å²) in [6.07, 6.45) is 3.09. The van der Waals surface area contributed by atoms with E-state index < -0.39 is 0 Å². The summed E-state index contributed by atoms with van der Waals surface area (Å²) in [6.45, 7) is 6.03. The average Bonchev–Trinajstić information content (AvgIpc) is 2.50. The molecule has 0 amide bonds. The third kappa shape index (κ3) is 1.70. The summed E-state index contributed by atoms with van der Waals surface area (Å²) in [6, 6.07) is 0. The number of aromatic nitrogens is 2. The lowest BCUT2D eigenvalue weighted by Crippen LogP contribution is -2.40. The van der Waals surface area contributed by atoms with E-state index in [0.29, 0.717) is 11.8 Å². The van der Waals surface area contributed by atoms with Gasteiger partial charge in [-0.2, -0.15) is 4.98 Å². The van der Waals surface area contributed by atoms with Crippen LogP contribution in [-0.4, -0.2) is 23.2 Å². The number of rotatable bonds is 3. The number of allylic oxidation sites excluding steroid dienone is 2. The first-order valence-corrected chi connectivity index (χ1v) is 5.02. The Labute approximate surface area is 83.4 Å². The molecular weight excluding hydrogens is 178 g/mol. The molecule has 0 atom stereocenters. The summed E-state index contributed by atoms with van der Waals surface area (Å²) in [4.78, 5) is 4.36. The van der Waals surface area contributed by atoms with Gasteiger partial charge in [-0.1, -0.05) is 18.2 Å². The van der Waals surface area contributed by atoms with Gasteiger partial charge in [0.15, 0.2) is 5.82 Å². The molecule has 0 spiro atoms. The molecule has 0 unspecified atom stereocenters. The van der Waals surface area contributed by atoms with E-state index in [-0.39, 0.29) is 0 Å². The van der Waals surface area contributed by atoms with Gasteiger partial charge in [0, 0.05) is 24.6 Å². The van der Waals surface area contributed by atoms with E-state index in [1.807, 2.05) is 6.92 Å². The number of hydrogen-bond donors (Lipinski definition) is 1. The number of nitrogens with zero attached hydrogens (tertiary/aromatic N) is 2. The van der Waals surface area contributed by atoms with Crippen molar-refractivity contribution in [3.63, 3.8) is 0 Å². The summed E-state index contributed by atoms with van der Waals surface area (Å²) in [5.74, 6) is 1.94. The molecule has 2 rings (SSSR count). The van der Waals surface area contributed by atoms with Crippen LogP contribution in [0.2, 0.25) is 0 Å². The van der Waals surface area contributed by atoms with E-state index in [1.165, 1.54) is 0 Å². The lowest BCUT2D eigenvalue weighted by atomic mass is 10.0. The summed E-state index contributed by atoms with van der Waals surface area (Å²) in [7, 11) is 0. The highest BCUT2D eigenvalue weighted by Gasteiger charge is 2.24. The minimum atomic E-state index is 0.446. The zero-order valence-corrected chi connectivity index (χ0v) is 8.58. The first kappa shape index (κ1) is 9.40. The quantitative estimate of drug-likeness (QED) is 0.791. The van der Waals surface area contributed by atoms with Gasteiger partial charge in [-0.3, -0.25) is 0 Å². The van der Waals surface area contributed by atoms with E-state index in [9.17, 15) is 0 Å². The Morgan fingerprint density at radius 2 is 2.43 bits per heavy atom. The maximum atomic E-state index is 5.18. The Morgan fingerprint density at radius 3 is 3.00 bits per heavy atom. The highest BCUT2D eigenvalue weighted by Crippen LogP contribution is 2.19. The number of hydrogen-bond acceptors (Lipinski definition) is 4. The van der Waals surface area contributed by atoms with Crippen LogP contribution in [0.3, 0.4) is 0 Å². The van der Waals surface area contributed by atoms with Crippen LogP contribution in [0.5, 0.6) is 0 Å². The molecule has 2 heterocycles. The molecule has 4 nitrogen and oxygen atoms in total. The Balaban J connectivity index is 2.12. The first-order chi connectivity index (χ1) is 6.81. The molecule has 1 fully saturated rings. The highest BCUT2D eigenvalue weighted by molar-refractivity contribution is 5.55. The molecule has 0 bridgehead atoms. The molecule has 0 aliphatic carbocycles. The molecule has 1 N–H and O–H groups in total. The minimum absolute atomic E-state index is 0.446. The van der Waals surface area contributed by atoms with E-state index in [4.69, 9.17) is 4.52 Å². The molecule has 76 valence electrons. The predicted octanol–water partition coefficient (Wildman–Crippen LogP) is 1.57. The van der Waals surface area contributed by atoms with Gasteiger partial charge in [-0.25, -0.2) is 0 Å². The van der Waals surface area contributed by atoms with E-state index >= 15 is 0 Å². The Hall–Kier alpha value is -1.16. The zero-order chi connectivity index (χ0) is 9.97. The van der Waals surface area contributed by atoms with Gasteiger partial charge >= 0.3 is 0 Å². The Kier molecular flexibility index (Phi) is 2.63. The fourth-order valence-electron chi connectivity index (χ4n) is 1.43. The van der Waals surface area contributed by atoms with Crippen molar-refractivity contribution in [3.05, 3.63) is 17.8 Å². The molecule has 1 aromatic rings. The summed E-state index contributed by atoms with van der Waals surface area (Å²) in [5, 5.41) is 7.16. The monoisotopic (exact) mass is 193 g/mol.